The van der Waals surface area contributed by atoms with Crippen LogP contribution in [0.2, 0.25) is 0 Å². The molecule has 116 valence electrons. The first-order chi connectivity index (χ1) is 11.1. The molecule has 0 saturated heterocycles. The van der Waals surface area contributed by atoms with Crippen LogP contribution in [-0.2, 0) is 12.8 Å². The lowest BCUT2D eigenvalue weighted by Crippen LogP contribution is -1.99. The fourth-order valence-corrected chi connectivity index (χ4v) is 2.69. The van der Waals surface area contributed by atoms with E-state index in [1.165, 1.54) is 28.3 Å². The number of fused-ring (bicyclic) bond motifs is 1. The van der Waals surface area contributed by atoms with Gasteiger partial charge in [0.1, 0.15) is 5.58 Å². The molecule has 0 atom stereocenters. The molecule has 2 heteroatoms. The highest BCUT2D eigenvalue weighted by Gasteiger charge is 2.07. The summed E-state index contributed by atoms with van der Waals surface area (Å²) in [6.45, 7) is 4.22. The fraction of sp³-hybridized carbons (Fsp3) is 0.190. The van der Waals surface area contributed by atoms with Gasteiger partial charge in [-0.3, -0.25) is 0 Å². The van der Waals surface area contributed by atoms with Crippen LogP contribution in [0.1, 0.15) is 30.5 Å². The fourth-order valence-electron chi connectivity index (χ4n) is 2.69. The van der Waals surface area contributed by atoms with Gasteiger partial charge in [-0.05, 0) is 61.6 Å². The smallest absolute Gasteiger partial charge is 0.336 e. The number of hydrogen-bond acceptors (Lipinski definition) is 2. The largest absolute Gasteiger partial charge is 0.423 e. The minimum atomic E-state index is -0.305. The second-order valence-corrected chi connectivity index (χ2v) is 6.06. The van der Waals surface area contributed by atoms with E-state index in [4.69, 9.17) is 4.42 Å². The normalized spacial score (nSPS) is 10.7. The van der Waals surface area contributed by atoms with Gasteiger partial charge in [0.2, 0.25) is 0 Å². The molecule has 23 heavy (non-hydrogen) atoms. The van der Waals surface area contributed by atoms with Gasteiger partial charge < -0.3 is 4.42 Å². The molecular formula is C21H20O2. The maximum Gasteiger partial charge on any atom is 0.336 e. The first-order valence-corrected chi connectivity index (χ1v) is 7.85. The minimum Gasteiger partial charge on any atom is -0.423 e. The Morgan fingerprint density at radius 3 is 2.52 bits per heavy atom. The summed E-state index contributed by atoms with van der Waals surface area (Å²) in [6, 6.07) is 17.8. The molecule has 3 aromatic rings. The van der Waals surface area contributed by atoms with E-state index >= 15 is 0 Å². The van der Waals surface area contributed by atoms with Gasteiger partial charge >= 0.3 is 5.63 Å². The summed E-state index contributed by atoms with van der Waals surface area (Å²) in [6.07, 6.45) is 3.95. The molecular weight excluding hydrogens is 284 g/mol. The SMILES string of the molecule is CC(C)=CCc1cc2ccc(=O)oc2cc1Cc1ccccc1. The molecule has 0 aliphatic heterocycles. The monoisotopic (exact) mass is 304 g/mol. The van der Waals surface area contributed by atoms with Crippen molar-refractivity contribution in [2.45, 2.75) is 26.7 Å². The molecule has 1 heterocycles. The summed E-state index contributed by atoms with van der Waals surface area (Å²) in [5.41, 5.74) is 5.38. The summed E-state index contributed by atoms with van der Waals surface area (Å²) in [5.74, 6) is 0. The second kappa shape index (κ2) is 6.66. The quantitative estimate of drug-likeness (QED) is 0.507. The molecule has 0 saturated carbocycles. The van der Waals surface area contributed by atoms with Gasteiger partial charge in [0.25, 0.3) is 0 Å². The molecule has 2 nitrogen and oxygen atoms in total. The van der Waals surface area contributed by atoms with Gasteiger partial charge in [-0.25, -0.2) is 4.79 Å². The molecule has 0 bridgehead atoms. The summed E-state index contributed by atoms with van der Waals surface area (Å²) in [5, 5.41) is 0.971. The third kappa shape index (κ3) is 3.78. The van der Waals surface area contributed by atoms with Crippen molar-refractivity contribution in [3.8, 4) is 0 Å². The topological polar surface area (TPSA) is 30.2 Å². The van der Waals surface area contributed by atoms with Gasteiger partial charge in [-0.2, -0.15) is 0 Å². The molecule has 0 aliphatic carbocycles. The summed E-state index contributed by atoms with van der Waals surface area (Å²) in [4.78, 5) is 11.5. The van der Waals surface area contributed by atoms with Gasteiger partial charge in [0.05, 0.1) is 0 Å². The maximum absolute atomic E-state index is 11.5. The summed E-state index contributed by atoms with van der Waals surface area (Å²) in [7, 11) is 0. The highest BCUT2D eigenvalue weighted by atomic mass is 16.4. The van der Waals surface area contributed by atoms with Crippen LogP contribution in [0.4, 0.5) is 0 Å². The van der Waals surface area contributed by atoms with Crippen LogP contribution in [0.5, 0.6) is 0 Å². The van der Waals surface area contributed by atoms with Gasteiger partial charge in [0.15, 0.2) is 0 Å². The zero-order chi connectivity index (χ0) is 16.2. The molecule has 0 fully saturated rings. The lowest BCUT2D eigenvalue weighted by molar-refractivity contribution is 0.560. The Hall–Kier alpha value is -2.61. The third-order valence-corrected chi connectivity index (χ3v) is 3.91. The van der Waals surface area contributed by atoms with Crippen LogP contribution in [0.25, 0.3) is 11.0 Å². The molecule has 0 N–H and O–H groups in total. The number of benzene rings is 2. The Kier molecular flexibility index (Phi) is 4.42. The van der Waals surface area contributed by atoms with Crippen LogP contribution in [0.15, 0.2) is 75.5 Å². The Morgan fingerprint density at radius 2 is 1.78 bits per heavy atom. The van der Waals surface area contributed by atoms with Crippen LogP contribution < -0.4 is 5.63 Å². The predicted octanol–water partition coefficient (Wildman–Crippen LogP) is 4.89. The molecule has 1 aromatic heterocycles. The van der Waals surface area contributed by atoms with E-state index in [-0.39, 0.29) is 5.63 Å². The van der Waals surface area contributed by atoms with E-state index in [9.17, 15) is 4.79 Å². The Labute approximate surface area is 136 Å². The van der Waals surface area contributed by atoms with E-state index in [1.54, 1.807) is 0 Å². The van der Waals surface area contributed by atoms with Gasteiger partial charge in [-0.1, -0.05) is 42.0 Å². The summed E-state index contributed by atoms with van der Waals surface area (Å²) < 4.78 is 5.35. The summed E-state index contributed by atoms with van der Waals surface area (Å²) >= 11 is 0. The first kappa shape index (κ1) is 15.3. The van der Waals surface area contributed by atoms with E-state index in [0.29, 0.717) is 5.58 Å². The van der Waals surface area contributed by atoms with Gasteiger partial charge in [0, 0.05) is 11.5 Å². The Morgan fingerprint density at radius 1 is 1.00 bits per heavy atom. The zero-order valence-electron chi connectivity index (χ0n) is 13.5. The van der Waals surface area contributed by atoms with Crippen molar-refractivity contribution in [3.63, 3.8) is 0 Å². The highest BCUT2D eigenvalue weighted by Crippen LogP contribution is 2.23. The van der Waals surface area contributed by atoms with Crippen molar-refractivity contribution in [3.05, 3.63) is 93.4 Å². The van der Waals surface area contributed by atoms with Crippen LogP contribution >= 0.6 is 0 Å². The molecule has 0 unspecified atom stereocenters. The lowest BCUT2D eigenvalue weighted by Gasteiger charge is -2.10. The lowest BCUT2D eigenvalue weighted by atomic mass is 9.95. The van der Waals surface area contributed by atoms with Crippen molar-refractivity contribution < 1.29 is 4.42 Å². The average Bonchev–Trinajstić information content (AvgIpc) is 2.54. The number of hydrogen-bond donors (Lipinski definition) is 0. The Bertz CT molecular complexity index is 898. The Balaban J connectivity index is 2.09. The minimum absolute atomic E-state index is 0.305. The van der Waals surface area contributed by atoms with Crippen molar-refractivity contribution in [1.29, 1.82) is 0 Å². The van der Waals surface area contributed by atoms with E-state index in [2.05, 4.69) is 38.1 Å². The maximum atomic E-state index is 11.5. The molecule has 0 amide bonds. The van der Waals surface area contributed by atoms with Crippen LogP contribution in [0.3, 0.4) is 0 Å². The van der Waals surface area contributed by atoms with Crippen LogP contribution in [0, 0.1) is 0 Å². The molecule has 0 radical (unpaired) electrons. The molecule has 0 spiro atoms. The van der Waals surface area contributed by atoms with Crippen molar-refractivity contribution in [2.75, 3.05) is 0 Å². The van der Waals surface area contributed by atoms with Gasteiger partial charge in [-0.15, -0.1) is 0 Å². The van der Waals surface area contributed by atoms with Crippen LogP contribution in [-0.4, -0.2) is 0 Å². The van der Waals surface area contributed by atoms with E-state index in [0.717, 1.165) is 18.2 Å². The second-order valence-electron chi connectivity index (χ2n) is 6.06. The van der Waals surface area contributed by atoms with E-state index in [1.807, 2.05) is 30.3 Å². The average molecular weight is 304 g/mol. The molecule has 0 aliphatic rings. The van der Waals surface area contributed by atoms with Crippen molar-refractivity contribution in [1.82, 2.24) is 0 Å². The van der Waals surface area contributed by atoms with E-state index < -0.39 is 0 Å². The first-order valence-electron chi connectivity index (χ1n) is 7.85. The highest BCUT2D eigenvalue weighted by molar-refractivity contribution is 5.78. The number of rotatable bonds is 4. The molecule has 2 aromatic carbocycles. The molecule has 3 rings (SSSR count). The third-order valence-electron chi connectivity index (χ3n) is 3.91. The number of allylic oxidation sites excluding steroid dienone is 2. The zero-order valence-corrected chi connectivity index (χ0v) is 13.5. The standard InChI is InChI=1S/C21H20O2/c1-15(2)8-9-17-13-18-10-11-21(22)23-20(18)14-19(17)12-16-6-4-3-5-7-16/h3-8,10-11,13-14H,9,12H2,1-2H3. The van der Waals surface area contributed by atoms with Crippen molar-refractivity contribution >= 4 is 11.0 Å². The van der Waals surface area contributed by atoms with Crippen molar-refractivity contribution in [2.24, 2.45) is 0 Å². The predicted molar refractivity (Wildman–Crippen MR) is 94.9 cm³/mol.